The number of aromatic hydroxyl groups is 1. The maximum absolute atomic E-state index is 11.6. The number of amides is 2. The first-order valence-corrected chi connectivity index (χ1v) is 8.25. The van der Waals surface area contributed by atoms with Gasteiger partial charge in [-0.25, -0.2) is 9.78 Å². The molecule has 0 atom stereocenters. The third-order valence-corrected chi connectivity index (χ3v) is 4.20. The average Bonchev–Trinajstić information content (AvgIpc) is 3.06. The zero-order valence-electron chi connectivity index (χ0n) is 14.4. The van der Waals surface area contributed by atoms with Crippen LogP contribution in [0.25, 0.3) is 11.1 Å². The molecule has 1 aromatic carbocycles. The minimum absolute atomic E-state index is 0.00483. The summed E-state index contributed by atoms with van der Waals surface area (Å²) in [5.41, 5.74) is 6.94. The maximum atomic E-state index is 11.6. The minimum atomic E-state index is -0.134. The largest absolute Gasteiger partial charge is 0.508 e. The number of hydrogen-bond donors (Lipinski definition) is 4. The number of aromatic nitrogens is 1. The normalized spacial score (nSPS) is 13.0. The summed E-state index contributed by atoms with van der Waals surface area (Å²) in [6.07, 6.45) is 0. The first kappa shape index (κ1) is 17.8. The summed E-state index contributed by atoms with van der Waals surface area (Å²) in [6.45, 7) is 2.01. The van der Waals surface area contributed by atoms with Gasteiger partial charge < -0.3 is 26.4 Å². The minimum Gasteiger partial charge on any atom is -0.508 e. The second-order valence-corrected chi connectivity index (χ2v) is 5.89. The molecule has 1 aliphatic rings. The summed E-state index contributed by atoms with van der Waals surface area (Å²) in [7, 11) is 0. The van der Waals surface area contributed by atoms with Gasteiger partial charge in [-0.2, -0.15) is 10.5 Å². The van der Waals surface area contributed by atoms with Crippen molar-refractivity contribution in [1.29, 1.82) is 10.5 Å². The summed E-state index contributed by atoms with van der Waals surface area (Å²) in [5, 5.41) is 34.6. The van der Waals surface area contributed by atoms with Gasteiger partial charge in [0.05, 0.1) is 0 Å². The monoisotopic (exact) mass is 363 g/mol. The zero-order valence-corrected chi connectivity index (χ0v) is 14.4. The highest BCUT2D eigenvalue weighted by atomic mass is 16.3. The van der Waals surface area contributed by atoms with Gasteiger partial charge in [0.25, 0.3) is 0 Å². The summed E-state index contributed by atoms with van der Waals surface area (Å²) in [6, 6.07) is 10.1. The van der Waals surface area contributed by atoms with Crippen molar-refractivity contribution in [3.8, 4) is 29.0 Å². The number of phenolic OH excluding ortho intramolecular Hbond substituents is 1. The molecule has 1 saturated heterocycles. The van der Waals surface area contributed by atoms with Gasteiger partial charge in [0.1, 0.15) is 40.7 Å². The second kappa shape index (κ2) is 7.50. The lowest BCUT2D eigenvalue weighted by Gasteiger charge is -2.17. The fourth-order valence-electron chi connectivity index (χ4n) is 2.94. The highest BCUT2D eigenvalue weighted by molar-refractivity contribution is 5.85. The van der Waals surface area contributed by atoms with Crippen molar-refractivity contribution >= 4 is 17.7 Å². The lowest BCUT2D eigenvalue weighted by Crippen LogP contribution is -2.32. The molecule has 0 unspecified atom stereocenters. The molecule has 136 valence electrons. The van der Waals surface area contributed by atoms with Crippen LogP contribution >= 0.6 is 0 Å². The molecular formula is C18H17N7O2. The lowest BCUT2D eigenvalue weighted by molar-refractivity contribution is 0.219. The van der Waals surface area contributed by atoms with E-state index in [2.05, 4.69) is 21.7 Å². The number of hydrogen-bond acceptors (Lipinski definition) is 7. The lowest BCUT2D eigenvalue weighted by atomic mass is 9.96. The first-order valence-electron chi connectivity index (χ1n) is 8.25. The molecule has 9 nitrogen and oxygen atoms in total. The van der Waals surface area contributed by atoms with Gasteiger partial charge in [0.2, 0.25) is 0 Å². The summed E-state index contributed by atoms with van der Waals surface area (Å²) in [4.78, 5) is 17.4. The van der Waals surface area contributed by atoms with Crippen LogP contribution in [0.5, 0.6) is 5.75 Å². The molecule has 2 aromatic rings. The highest BCUT2D eigenvalue weighted by Crippen LogP contribution is 2.35. The van der Waals surface area contributed by atoms with E-state index in [-0.39, 0.29) is 34.5 Å². The predicted octanol–water partition coefficient (Wildman–Crippen LogP) is 1.22. The van der Waals surface area contributed by atoms with E-state index in [4.69, 9.17) is 5.73 Å². The number of nitrogens with zero attached hydrogens (tertiary/aromatic N) is 4. The van der Waals surface area contributed by atoms with Gasteiger partial charge in [-0.3, -0.25) is 0 Å². The molecule has 3 rings (SSSR count). The van der Waals surface area contributed by atoms with Gasteiger partial charge >= 0.3 is 6.03 Å². The Bertz CT molecular complexity index is 975. The molecule has 9 heteroatoms. The van der Waals surface area contributed by atoms with Gasteiger partial charge in [-0.05, 0) is 17.7 Å². The number of nitrogens with one attached hydrogen (secondary N) is 2. The number of nitriles is 2. The van der Waals surface area contributed by atoms with Crippen molar-refractivity contribution in [1.82, 2.24) is 15.2 Å². The van der Waals surface area contributed by atoms with Gasteiger partial charge in [0, 0.05) is 31.7 Å². The van der Waals surface area contributed by atoms with Crippen molar-refractivity contribution in [3.05, 3.63) is 35.4 Å². The number of rotatable bonds is 5. The molecule has 1 aliphatic heterocycles. The van der Waals surface area contributed by atoms with Crippen LogP contribution in [0.2, 0.25) is 0 Å². The average molecular weight is 363 g/mol. The molecular weight excluding hydrogens is 346 g/mol. The number of urea groups is 1. The van der Waals surface area contributed by atoms with Crippen molar-refractivity contribution in [3.63, 3.8) is 0 Å². The third-order valence-electron chi connectivity index (χ3n) is 4.20. The van der Waals surface area contributed by atoms with Crippen LogP contribution in [-0.2, 0) is 0 Å². The third kappa shape index (κ3) is 3.53. The summed E-state index contributed by atoms with van der Waals surface area (Å²) >= 11 is 0. The first-order chi connectivity index (χ1) is 13.0. The van der Waals surface area contributed by atoms with Crippen LogP contribution in [-0.4, -0.2) is 47.2 Å². The van der Waals surface area contributed by atoms with E-state index in [9.17, 15) is 20.4 Å². The van der Waals surface area contributed by atoms with E-state index in [1.165, 1.54) is 12.1 Å². The molecule has 1 fully saturated rings. The van der Waals surface area contributed by atoms with Gasteiger partial charge in [-0.15, -0.1) is 0 Å². The molecule has 0 bridgehead atoms. The van der Waals surface area contributed by atoms with Crippen LogP contribution in [0.4, 0.5) is 16.4 Å². The van der Waals surface area contributed by atoms with E-state index in [1.807, 2.05) is 6.07 Å². The van der Waals surface area contributed by atoms with E-state index < -0.39 is 0 Å². The fourth-order valence-corrected chi connectivity index (χ4v) is 2.94. The van der Waals surface area contributed by atoms with E-state index >= 15 is 0 Å². The van der Waals surface area contributed by atoms with Crippen molar-refractivity contribution < 1.29 is 9.90 Å². The number of phenols is 1. The Morgan fingerprint density at radius 3 is 2.74 bits per heavy atom. The Hall–Kier alpha value is -3.98. The number of benzene rings is 1. The maximum Gasteiger partial charge on any atom is 0.317 e. The van der Waals surface area contributed by atoms with Gasteiger partial charge in [-0.1, -0.05) is 12.1 Å². The molecule has 2 amide bonds. The van der Waals surface area contributed by atoms with Crippen LogP contribution in [0.1, 0.15) is 11.1 Å². The summed E-state index contributed by atoms with van der Waals surface area (Å²) < 4.78 is 0. The van der Waals surface area contributed by atoms with Crippen molar-refractivity contribution in [2.75, 3.05) is 37.2 Å². The van der Waals surface area contributed by atoms with Crippen LogP contribution < -0.4 is 16.4 Å². The second-order valence-electron chi connectivity index (χ2n) is 5.89. The molecule has 0 radical (unpaired) electrons. The Morgan fingerprint density at radius 1 is 1.33 bits per heavy atom. The van der Waals surface area contributed by atoms with Crippen LogP contribution in [0.15, 0.2) is 24.3 Å². The topological polar surface area (TPSA) is 151 Å². The number of nitrogens with two attached hydrogens (primary N) is 1. The Balaban J connectivity index is 1.96. The highest BCUT2D eigenvalue weighted by Gasteiger charge is 2.22. The van der Waals surface area contributed by atoms with Gasteiger partial charge in [0.15, 0.2) is 0 Å². The molecule has 0 aliphatic carbocycles. The number of nitrogen functional groups attached to an aromatic ring is 1. The molecule has 27 heavy (non-hydrogen) atoms. The molecule has 0 saturated carbocycles. The quantitative estimate of drug-likeness (QED) is 0.623. The zero-order chi connectivity index (χ0) is 19.4. The Morgan fingerprint density at radius 2 is 2.11 bits per heavy atom. The van der Waals surface area contributed by atoms with E-state index in [1.54, 1.807) is 17.0 Å². The van der Waals surface area contributed by atoms with E-state index in [0.717, 1.165) is 0 Å². The fraction of sp³-hybridized carbons (Fsp3) is 0.222. The van der Waals surface area contributed by atoms with Crippen LogP contribution in [0.3, 0.4) is 0 Å². The number of carbonyl (C=O) groups excluding carboxylic acids is 1. The molecule has 5 N–H and O–H groups in total. The standard InChI is InChI=1S/C18H17N7O2/c19-9-13-15(11-2-1-3-12(26)8-11)14(10-20)17(24-16(13)21)22-4-6-25-7-5-23-18(25)27/h1-3,8,26H,4-7H2,(H,23,27)(H3,21,22,24). The van der Waals surface area contributed by atoms with Crippen LogP contribution in [0, 0.1) is 22.7 Å². The van der Waals surface area contributed by atoms with Crippen molar-refractivity contribution in [2.24, 2.45) is 0 Å². The number of carbonyl (C=O) groups is 1. The molecule has 0 spiro atoms. The van der Waals surface area contributed by atoms with E-state index in [0.29, 0.717) is 37.3 Å². The smallest absolute Gasteiger partial charge is 0.317 e. The number of pyridine rings is 1. The Kier molecular flexibility index (Phi) is 4.95. The molecule has 2 heterocycles. The SMILES string of the molecule is N#Cc1c(N)nc(NCCN2CCNC2=O)c(C#N)c1-c1cccc(O)c1. The summed E-state index contributed by atoms with van der Waals surface area (Å²) in [5.74, 6) is 0.216. The number of anilines is 2. The Labute approximate surface area is 155 Å². The predicted molar refractivity (Wildman–Crippen MR) is 98.6 cm³/mol. The van der Waals surface area contributed by atoms with Crippen molar-refractivity contribution in [2.45, 2.75) is 0 Å². The molecule has 1 aromatic heterocycles.